The van der Waals surface area contributed by atoms with Crippen molar-refractivity contribution in [3.8, 4) is 16.9 Å². The van der Waals surface area contributed by atoms with E-state index in [9.17, 15) is 4.79 Å². The number of amides is 1. The number of carbonyl (C=O) groups is 1. The zero-order valence-electron chi connectivity index (χ0n) is 19.4. The number of nitrogens with zero attached hydrogens (tertiary/aromatic N) is 6. The molecule has 1 aromatic carbocycles. The fourth-order valence-corrected chi connectivity index (χ4v) is 5.17. The Balaban J connectivity index is 1.42. The van der Waals surface area contributed by atoms with Crippen LogP contribution in [0.5, 0.6) is 0 Å². The Morgan fingerprint density at radius 1 is 1.00 bits per heavy atom. The van der Waals surface area contributed by atoms with Crippen LogP contribution < -0.4 is 0 Å². The highest BCUT2D eigenvalue weighted by Gasteiger charge is 2.31. The molecule has 2 aliphatic rings. The van der Waals surface area contributed by atoms with Crippen LogP contribution in [0.2, 0.25) is 0 Å². The normalized spacial score (nSPS) is 17.9. The molecule has 0 radical (unpaired) electrons. The van der Waals surface area contributed by atoms with Gasteiger partial charge in [0, 0.05) is 50.2 Å². The molecule has 3 aromatic rings. The van der Waals surface area contributed by atoms with Gasteiger partial charge in [-0.25, -0.2) is 4.68 Å². The van der Waals surface area contributed by atoms with Crippen molar-refractivity contribution in [3.63, 3.8) is 0 Å². The second kappa shape index (κ2) is 9.83. The smallest absolute Gasteiger partial charge is 0.276 e. The third-order valence-corrected chi connectivity index (χ3v) is 7.08. The Morgan fingerprint density at radius 2 is 1.76 bits per heavy atom. The highest BCUT2D eigenvalue weighted by atomic mass is 16.2. The van der Waals surface area contributed by atoms with Gasteiger partial charge in [0.15, 0.2) is 5.69 Å². The quantitative estimate of drug-likeness (QED) is 0.595. The minimum Gasteiger partial charge on any atom is -0.335 e. The van der Waals surface area contributed by atoms with E-state index in [1.807, 2.05) is 29.2 Å². The minimum atomic E-state index is -0.0389. The summed E-state index contributed by atoms with van der Waals surface area (Å²) >= 11 is 0. The van der Waals surface area contributed by atoms with E-state index in [2.05, 4.69) is 39.3 Å². The number of aryl methyl sites for hydroxylation is 1. The molecule has 172 valence electrons. The van der Waals surface area contributed by atoms with Gasteiger partial charge in [0.1, 0.15) is 5.69 Å². The lowest BCUT2D eigenvalue weighted by Gasteiger charge is -2.40. The summed E-state index contributed by atoms with van der Waals surface area (Å²) in [7, 11) is 0. The molecule has 3 heterocycles. The van der Waals surface area contributed by atoms with Crippen molar-refractivity contribution in [1.29, 1.82) is 0 Å². The van der Waals surface area contributed by atoms with E-state index >= 15 is 0 Å². The first-order valence-electron chi connectivity index (χ1n) is 12.2. The lowest BCUT2D eigenvalue weighted by atomic mass is 9.94. The Bertz CT molecular complexity index is 1080. The molecule has 1 amide bonds. The predicted molar refractivity (Wildman–Crippen MR) is 128 cm³/mol. The number of rotatable bonds is 5. The fourth-order valence-electron chi connectivity index (χ4n) is 5.17. The standard InChI is InChI=1S/C26H32N6O/c1-2-20-7-6-10-23(19-20)32-25(21-11-13-27-14-12-21)24(28-29-32)26(33)31-17-15-30(16-18-31)22-8-4-3-5-9-22/h6-7,10-14,19,22H,2-5,8-9,15-18H2,1H3. The zero-order chi connectivity index (χ0) is 22.6. The number of aromatic nitrogens is 4. The SMILES string of the molecule is CCc1cccc(-n2nnc(C(=O)N3CCN(C4CCCCC4)CC3)c2-c2ccncc2)c1. The van der Waals surface area contributed by atoms with Gasteiger partial charge in [-0.05, 0) is 49.1 Å². The van der Waals surface area contributed by atoms with Gasteiger partial charge in [0.2, 0.25) is 0 Å². The van der Waals surface area contributed by atoms with Gasteiger partial charge in [-0.15, -0.1) is 5.10 Å². The number of hydrogen-bond donors (Lipinski definition) is 0. The third-order valence-electron chi connectivity index (χ3n) is 7.08. The molecule has 0 N–H and O–H groups in total. The summed E-state index contributed by atoms with van der Waals surface area (Å²) in [6, 6.07) is 12.8. The van der Waals surface area contributed by atoms with E-state index in [0.29, 0.717) is 11.7 Å². The van der Waals surface area contributed by atoms with Crippen molar-refractivity contribution in [1.82, 2.24) is 29.8 Å². The first-order chi connectivity index (χ1) is 16.2. The largest absolute Gasteiger partial charge is 0.335 e. The highest BCUT2D eigenvalue weighted by molar-refractivity contribution is 5.98. The lowest BCUT2D eigenvalue weighted by molar-refractivity contribution is 0.0519. The number of piperazine rings is 1. The van der Waals surface area contributed by atoms with Crippen LogP contribution in [0.15, 0.2) is 48.8 Å². The molecule has 0 bridgehead atoms. The van der Waals surface area contributed by atoms with E-state index in [-0.39, 0.29) is 5.91 Å². The zero-order valence-corrected chi connectivity index (χ0v) is 19.4. The second-order valence-electron chi connectivity index (χ2n) is 9.08. The van der Waals surface area contributed by atoms with Gasteiger partial charge in [-0.1, -0.05) is 43.5 Å². The van der Waals surface area contributed by atoms with Crippen LogP contribution in [-0.2, 0) is 6.42 Å². The Labute approximate surface area is 195 Å². The van der Waals surface area contributed by atoms with Gasteiger partial charge in [0.25, 0.3) is 5.91 Å². The molecule has 1 aliphatic carbocycles. The van der Waals surface area contributed by atoms with Crippen LogP contribution in [-0.4, -0.2) is 67.9 Å². The first-order valence-corrected chi connectivity index (χ1v) is 12.2. The molecule has 7 nitrogen and oxygen atoms in total. The molecule has 7 heteroatoms. The van der Waals surface area contributed by atoms with Crippen LogP contribution in [0, 0.1) is 0 Å². The van der Waals surface area contributed by atoms with Crippen molar-refractivity contribution in [3.05, 3.63) is 60.0 Å². The van der Waals surface area contributed by atoms with Gasteiger partial charge in [-0.3, -0.25) is 14.7 Å². The maximum absolute atomic E-state index is 13.6. The van der Waals surface area contributed by atoms with Crippen molar-refractivity contribution in [2.45, 2.75) is 51.5 Å². The Hall–Kier alpha value is -3.06. The van der Waals surface area contributed by atoms with Crippen molar-refractivity contribution >= 4 is 5.91 Å². The van der Waals surface area contributed by atoms with E-state index in [4.69, 9.17) is 0 Å². The number of hydrogen-bond acceptors (Lipinski definition) is 5. The maximum Gasteiger partial charge on any atom is 0.276 e. The number of benzene rings is 1. The summed E-state index contributed by atoms with van der Waals surface area (Å²) in [5.41, 5.74) is 4.16. The summed E-state index contributed by atoms with van der Waals surface area (Å²) in [6.07, 6.45) is 11.0. The van der Waals surface area contributed by atoms with Gasteiger partial charge in [0.05, 0.1) is 5.69 Å². The topological polar surface area (TPSA) is 67.2 Å². The van der Waals surface area contributed by atoms with Gasteiger partial charge >= 0.3 is 0 Å². The van der Waals surface area contributed by atoms with Crippen LogP contribution in [0.1, 0.15) is 55.1 Å². The molecular formula is C26H32N6O. The van der Waals surface area contributed by atoms with Crippen LogP contribution in [0.3, 0.4) is 0 Å². The molecule has 1 saturated heterocycles. The molecule has 1 saturated carbocycles. The van der Waals surface area contributed by atoms with E-state index in [1.54, 1.807) is 17.1 Å². The van der Waals surface area contributed by atoms with Crippen molar-refractivity contribution < 1.29 is 4.79 Å². The van der Waals surface area contributed by atoms with Crippen LogP contribution in [0.25, 0.3) is 16.9 Å². The monoisotopic (exact) mass is 444 g/mol. The van der Waals surface area contributed by atoms with Gasteiger partial charge < -0.3 is 4.90 Å². The summed E-state index contributed by atoms with van der Waals surface area (Å²) in [6.45, 7) is 5.49. The second-order valence-corrected chi connectivity index (χ2v) is 9.08. The summed E-state index contributed by atoms with van der Waals surface area (Å²) in [5, 5.41) is 8.83. The summed E-state index contributed by atoms with van der Waals surface area (Å²) < 4.78 is 1.79. The minimum absolute atomic E-state index is 0.0389. The molecule has 0 unspecified atom stereocenters. The highest BCUT2D eigenvalue weighted by Crippen LogP contribution is 2.28. The lowest BCUT2D eigenvalue weighted by Crippen LogP contribution is -2.52. The van der Waals surface area contributed by atoms with Gasteiger partial charge in [-0.2, -0.15) is 0 Å². The van der Waals surface area contributed by atoms with E-state index < -0.39 is 0 Å². The van der Waals surface area contributed by atoms with E-state index in [0.717, 1.165) is 49.5 Å². The number of carbonyl (C=O) groups excluding carboxylic acids is 1. The fraction of sp³-hybridized carbons (Fsp3) is 0.462. The van der Waals surface area contributed by atoms with Crippen molar-refractivity contribution in [2.24, 2.45) is 0 Å². The molecule has 33 heavy (non-hydrogen) atoms. The van der Waals surface area contributed by atoms with Crippen LogP contribution in [0.4, 0.5) is 0 Å². The number of pyridine rings is 1. The predicted octanol–water partition coefficient (Wildman–Crippen LogP) is 3.98. The molecule has 2 fully saturated rings. The maximum atomic E-state index is 13.6. The van der Waals surface area contributed by atoms with Crippen LogP contribution >= 0.6 is 0 Å². The molecule has 1 aliphatic heterocycles. The Morgan fingerprint density at radius 3 is 2.48 bits per heavy atom. The molecule has 5 rings (SSSR count). The summed E-state index contributed by atoms with van der Waals surface area (Å²) in [5.74, 6) is -0.0389. The molecule has 0 spiro atoms. The molecular weight excluding hydrogens is 412 g/mol. The average molecular weight is 445 g/mol. The average Bonchev–Trinajstić information content (AvgIpc) is 3.35. The van der Waals surface area contributed by atoms with E-state index in [1.165, 1.54) is 37.7 Å². The molecule has 2 aromatic heterocycles. The summed E-state index contributed by atoms with van der Waals surface area (Å²) in [4.78, 5) is 22.3. The Kier molecular flexibility index (Phi) is 6.48. The third kappa shape index (κ3) is 4.55. The first kappa shape index (κ1) is 21.8. The molecule has 0 atom stereocenters. The van der Waals surface area contributed by atoms with Crippen molar-refractivity contribution in [2.75, 3.05) is 26.2 Å².